The number of amides is 2. The van der Waals surface area contributed by atoms with Crippen molar-refractivity contribution in [2.75, 3.05) is 19.0 Å². The number of piperidine rings is 1. The lowest BCUT2D eigenvalue weighted by molar-refractivity contribution is -0.121. The van der Waals surface area contributed by atoms with Gasteiger partial charge >= 0.3 is 0 Å². The molecule has 3 aromatic rings. The minimum Gasteiger partial charge on any atom is -0.496 e. The summed E-state index contributed by atoms with van der Waals surface area (Å²) in [7, 11) is 3.42. The molecule has 1 aliphatic rings. The highest BCUT2D eigenvalue weighted by Gasteiger charge is 2.33. The Bertz CT molecular complexity index is 1120. The fraction of sp³-hybridized carbons (Fsp3) is 0.320. The molecule has 4 rings (SSSR count). The molecule has 7 nitrogen and oxygen atoms in total. The number of aryl methyl sites for hydroxylation is 2. The van der Waals surface area contributed by atoms with Crippen molar-refractivity contribution in [3.05, 3.63) is 65.9 Å². The molecule has 1 unspecified atom stereocenters. The Morgan fingerprint density at radius 2 is 1.78 bits per heavy atom. The number of methoxy groups -OCH3 is 1. The van der Waals surface area contributed by atoms with Crippen LogP contribution in [0.1, 0.15) is 35.3 Å². The van der Waals surface area contributed by atoms with Gasteiger partial charge in [-0.1, -0.05) is 36.4 Å². The number of anilines is 1. The van der Waals surface area contributed by atoms with Crippen molar-refractivity contribution in [1.29, 1.82) is 0 Å². The van der Waals surface area contributed by atoms with Crippen LogP contribution in [0.5, 0.6) is 5.75 Å². The Labute approximate surface area is 188 Å². The number of carbonyl (C=O) groups is 2. The molecule has 1 aliphatic heterocycles. The van der Waals surface area contributed by atoms with E-state index in [9.17, 15) is 9.59 Å². The largest absolute Gasteiger partial charge is 0.496 e. The first-order valence-corrected chi connectivity index (χ1v) is 10.8. The number of para-hydroxylation sites is 1. The zero-order valence-electron chi connectivity index (χ0n) is 18.7. The first-order valence-electron chi connectivity index (χ1n) is 10.8. The maximum atomic E-state index is 13.4. The molecule has 2 aromatic carbocycles. The summed E-state index contributed by atoms with van der Waals surface area (Å²) in [5, 5.41) is 7.60. The number of ether oxygens (including phenoxy) is 1. The van der Waals surface area contributed by atoms with Gasteiger partial charge in [0.1, 0.15) is 17.6 Å². The standard InChI is InChI=1S/C25H28N4O3/c1-17-22(19-13-7-8-15-21(19)32-3)23(28(2)27-17)26-24(30)20-14-9-10-16-29(20)25(31)18-11-5-4-6-12-18/h4-8,11-13,15,20H,9-10,14,16H2,1-3H3,(H,26,30). The normalized spacial score (nSPS) is 16.0. The average Bonchev–Trinajstić information content (AvgIpc) is 3.11. The van der Waals surface area contributed by atoms with E-state index in [1.165, 1.54) is 0 Å². The summed E-state index contributed by atoms with van der Waals surface area (Å²) in [6, 6.07) is 16.3. The molecule has 1 fully saturated rings. The van der Waals surface area contributed by atoms with Gasteiger partial charge in [-0.3, -0.25) is 14.3 Å². The fourth-order valence-electron chi connectivity index (χ4n) is 4.37. The SMILES string of the molecule is COc1ccccc1-c1c(C)nn(C)c1NC(=O)C1CCCCN1C(=O)c1ccccc1. The van der Waals surface area contributed by atoms with Gasteiger partial charge in [0.05, 0.1) is 18.4 Å². The Kier molecular flexibility index (Phi) is 6.25. The molecule has 0 aliphatic carbocycles. The third kappa shape index (κ3) is 4.10. The van der Waals surface area contributed by atoms with Gasteiger partial charge in [0.15, 0.2) is 0 Å². The van der Waals surface area contributed by atoms with Crippen LogP contribution in [0.15, 0.2) is 54.6 Å². The third-order valence-electron chi connectivity index (χ3n) is 5.93. The number of rotatable bonds is 5. The molecule has 1 saturated heterocycles. The van der Waals surface area contributed by atoms with Gasteiger partial charge < -0.3 is 15.0 Å². The van der Waals surface area contributed by atoms with Crippen molar-refractivity contribution in [3.63, 3.8) is 0 Å². The first-order chi connectivity index (χ1) is 15.5. The lowest BCUT2D eigenvalue weighted by atomic mass is 9.99. The smallest absolute Gasteiger partial charge is 0.254 e. The maximum Gasteiger partial charge on any atom is 0.254 e. The molecule has 32 heavy (non-hydrogen) atoms. The summed E-state index contributed by atoms with van der Waals surface area (Å²) in [4.78, 5) is 28.3. The molecule has 0 bridgehead atoms. The Balaban J connectivity index is 1.64. The molecule has 7 heteroatoms. The quantitative estimate of drug-likeness (QED) is 0.660. The summed E-state index contributed by atoms with van der Waals surface area (Å²) >= 11 is 0. The number of nitrogens with one attached hydrogen (secondary N) is 1. The van der Waals surface area contributed by atoms with Gasteiger partial charge in [0.25, 0.3) is 5.91 Å². The van der Waals surface area contributed by atoms with Crippen LogP contribution in [0.4, 0.5) is 5.82 Å². The molecule has 2 heterocycles. The second-order valence-electron chi connectivity index (χ2n) is 8.00. The van der Waals surface area contributed by atoms with Crippen LogP contribution in [-0.4, -0.2) is 46.2 Å². The van der Waals surface area contributed by atoms with E-state index >= 15 is 0 Å². The van der Waals surface area contributed by atoms with Gasteiger partial charge in [-0.05, 0) is 44.4 Å². The second-order valence-corrected chi connectivity index (χ2v) is 8.00. The molecule has 166 valence electrons. The van der Waals surface area contributed by atoms with Gasteiger partial charge in [-0.2, -0.15) is 5.10 Å². The summed E-state index contributed by atoms with van der Waals surface area (Å²) in [6.45, 7) is 2.47. The topological polar surface area (TPSA) is 76.5 Å². The van der Waals surface area contributed by atoms with Crippen LogP contribution >= 0.6 is 0 Å². The van der Waals surface area contributed by atoms with E-state index in [-0.39, 0.29) is 11.8 Å². The van der Waals surface area contributed by atoms with E-state index in [0.717, 1.165) is 29.7 Å². The van der Waals surface area contributed by atoms with E-state index < -0.39 is 6.04 Å². The monoisotopic (exact) mass is 432 g/mol. The zero-order chi connectivity index (χ0) is 22.7. The van der Waals surface area contributed by atoms with E-state index in [2.05, 4.69) is 10.4 Å². The number of hydrogen-bond acceptors (Lipinski definition) is 4. The lowest BCUT2D eigenvalue weighted by Gasteiger charge is -2.34. The van der Waals surface area contributed by atoms with Gasteiger partial charge in [0, 0.05) is 24.7 Å². The molecule has 1 N–H and O–H groups in total. The molecule has 0 spiro atoms. The van der Waals surface area contributed by atoms with Crippen molar-refractivity contribution in [3.8, 4) is 16.9 Å². The Morgan fingerprint density at radius 3 is 2.53 bits per heavy atom. The molecule has 0 radical (unpaired) electrons. The molecular formula is C25H28N4O3. The van der Waals surface area contributed by atoms with E-state index in [4.69, 9.17) is 4.74 Å². The zero-order valence-corrected chi connectivity index (χ0v) is 18.7. The van der Waals surface area contributed by atoms with Crippen LogP contribution in [-0.2, 0) is 11.8 Å². The van der Waals surface area contributed by atoms with E-state index in [0.29, 0.717) is 30.1 Å². The predicted octanol–water partition coefficient (Wildman–Crippen LogP) is 4.04. The minimum atomic E-state index is -0.530. The van der Waals surface area contributed by atoms with Gasteiger partial charge in [0.2, 0.25) is 5.91 Å². The third-order valence-corrected chi connectivity index (χ3v) is 5.93. The number of carbonyl (C=O) groups excluding carboxylic acids is 2. The molecular weight excluding hydrogens is 404 g/mol. The summed E-state index contributed by atoms with van der Waals surface area (Å²) in [5.41, 5.74) is 3.05. The number of nitrogens with zero attached hydrogens (tertiary/aromatic N) is 3. The number of likely N-dealkylation sites (tertiary alicyclic amines) is 1. The summed E-state index contributed by atoms with van der Waals surface area (Å²) < 4.78 is 7.20. The van der Waals surface area contributed by atoms with Crippen molar-refractivity contribution in [2.45, 2.75) is 32.2 Å². The number of benzene rings is 2. The summed E-state index contributed by atoms with van der Waals surface area (Å²) in [5.74, 6) is 0.983. The molecule has 1 atom stereocenters. The van der Waals surface area contributed by atoms with E-state index in [1.807, 2.05) is 49.4 Å². The maximum absolute atomic E-state index is 13.4. The van der Waals surface area contributed by atoms with Crippen molar-refractivity contribution in [1.82, 2.24) is 14.7 Å². The molecule has 1 aromatic heterocycles. The second kappa shape index (κ2) is 9.26. The summed E-state index contributed by atoms with van der Waals surface area (Å²) in [6.07, 6.45) is 2.42. The lowest BCUT2D eigenvalue weighted by Crippen LogP contribution is -2.50. The average molecular weight is 433 g/mol. The van der Waals surface area contributed by atoms with Crippen LogP contribution in [0, 0.1) is 6.92 Å². The van der Waals surface area contributed by atoms with Crippen LogP contribution in [0.3, 0.4) is 0 Å². The highest BCUT2D eigenvalue weighted by atomic mass is 16.5. The fourth-order valence-corrected chi connectivity index (χ4v) is 4.37. The van der Waals surface area contributed by atoms with Crippen molar-refractivity contribution >= 4 is 17.6 Å². The highest BCUT2D eigenvalue weighted by Crippen LogP contribution is 2.37. The predicted molar refractivity (Wildman–Crippen MR) is 124 cm³/mol. The molecule has 2 amide bonds. The van der Waals surface area contributed by atoms with Gasteiger partial charge in [-0.25, -0.2) is 0 Å². The van der Waals surface area contributed by atoms with Crippen LogP contribution in [0.25, 0.3) is 11.1 Å². The van der Waals surface area contributed by atoms with Crippen molar-refractivity contribution in [2.24, 2.45) is 7.05 Å². The minimum absolute atomic E-state index is 0.114. The Hall–Kier alpha value is -3.61. The van der Waals surface area contributed by atoms with Crippen LogP contribution < -0.4 is 10.1 Å². The highest BCUT2D eigenvalue weighted by molar-refractivity contribution is 6.02. The first kappa shape index (κ1) is 21.6. The van der Waals surface area contributed by atoms with Gasteiger partial charge in [-0.15, -0.1) is 0 Å². The number of aromatic nitrogens is 2. The molecule has 0 saturated carbocycles. The van der Waals surface area contributed by atoms with Crippen molar-refractivity contribution < 1.29 is 14.3 Å². The number of hydrogen-bond donors (Lipinski definition) is 1. The van der Waals surface area contributed by atoms with Crippen LogP contribution in [0.2, 0.25) is 0 Å². The Morgan fingerprint density at radius 1 is 1.06 bits per heavy atom. The van der Waals surface area contributed by atoms with E-state index in [1.54, 1.807) is 35.9 Å².